The zero-order valence-corrected chi connectivity index (χ0v) is 17.6. The molecule has 0 spiro atoms. The predicted octanol–water partition coefficient (Wildman–Crippen LogP) is 3.04. The number of hydrogen-bond donors (Lipinski definition) is 2. The maximum absolute atomic E-state index is 13.5. The number of para-hydroxylation sites is 1. The SMILES string of the molecule is O=c1c(C(Nc2ccc3[nH]cnc3c2)c2nnnn2CC2CCCO2)coc2ccccc12. The van der Waals surface area contributed by atoms with Crippen LogP contribution in [0.25, 0.3) is 22.0 Å². The molecule has 166 valence electrons. The minimum Gasteiger partial charge on any atom is -0.464 e. The lowest BCUT2D eigenvalue weighted by atomic mass is 10.0. The Labute approximate surface area is 187 Å². The van der Waals surface area contributed by atoms with Crippen LogP contribution in [-0.4, -0.2) is 42.9 Å². The first-order chi connectivity index (χ1) is 16.3. The highest BCUT2D eigenvalue weighted by molar-refractivity contribution is 5.79. The number of aromatic amines is 1. The van der Waals surface area contributed by atoms with E-state index in [0.29, 0.717) is 28.9 Å². The molecular weight excluding hydrogens is 422 g/mol. The van der Waals surface area contributed by atoms with E-state index in [-0.39, 0.29) is 11.5 Å². The number of benzene rings is 2. The highest BCUT2D eigenvalue weighted by Gasteiger charge is 2.27. The fourth-order valence-corrected chi connectivity index (χ4v) is 4.29. The molecule has 1 aliphatic rings. The number of ether oxygens (including phenoxy) is 1. The molecule has 1 saturated heterocycles. The molecule has 2 atom stereocenters. The number of imidazole rings is 1. The number of rotatable bonds is 6. The van der Waals surface area contributed by atoms with E-state index in [9.17, 15) is 4.79 Å². The predicted molar refractivity (Wildman–Crippen MR) is 121 cm³/mol. The van der Waals surface area contributed by atoms with Gasteiger partial charge in [0, 0.05) is 12.3 Å². The molecule has 4 heterocycles. The van der Waals surface area contributed by atoms with Crippen LogP contribution in [0.5, 0.6) is 0 Å². The molecule has 1 aliphatic heterocycles. The van der Waals surface area contributed by atoms with Crippen molar-refractivity contribution in [3.8, 4) is 0 Å². The Morgan fingerprint density at radius 2 is 2.18 bits per heavy atom. The maximum Gasteiger partial charge on any atom is 0.198 e. The lowest BCUT2D eigenvalue weighted by Gasteiger charge is -2.20. The van der Waals surface area contributed by atoms with E-state index in [1.54, 1.807) is 23.1 Å². The number of nitrogens with zero attached hydrogens (tertiary/aromatic N) is 5. The van der Waals surface area contributed by atoms with Gasteiger partial charge in [0.05, 0.1) is 41.0 Å². The van der Waals surface area contributed by atoms with Crippen LogP contribution in [-0.2, 0) is 11.3 Å². The Hall–Kier alpha value is -4.05. The smallest absolute Gasteiger partial charge is 0.198 e. The van der Waals surface area contributed by atoms with Crippen molar-refractivity contribution in [3.63, 3.8) is 0 Å². The number of hydrogen-bond acceptors (Lipinski definition) is 8. The number of anilines is 1. The molecule has 10 heteroatoms. The van der Waals surface area contributed by atoms with Gasteiger partial charge in [-0.2, -0.15) is 0 Å². The fraction of sp³-hybridized carbons (Fsp3) is 0.261. The maximum atomic E-state index is 13.5. The molecule has 3 aromatic heterocycles. The van der Waals surface area contributed by atoms with E-state index < -0.39 is 6.04 Å². The topological polar surface area (TPSA) is 124 Å². The van der Waals surface area contributed by atoms with E-state index >= 15 is 0 Å². The average molecular weight is 443 g/mol. The third-order valence-electron chi connectivity index (χ3n) is 5.97. The first-order valence-corrected chi connectivity index (χ1v) is 10.8. The highest BCUT2D eigenvalue weighted by atomic mass is 16.5. The second kappa shape index (κ2) is 8.14. The van der Waals surface area contributed by atoms with Gasteiger partial charge in [-0.3, -0.25) is 4.79 Å². The molecule has 2 N–H and O–H groups in total. The summed E-state index contributed by atoms with van der Waals surface area (Å²) in [6.07, 6.45) is 5.14. The number of nitrogens with one attached hydrogen (secondary N) is 2. The third kappa shape index (κ3) is 3.64. The quantitative estimate of drug-likeness (QED) is 0.410. The van der Waals surface area contributed by atoms with Crippen LogP contribution in [0.15, 0.2) is 64.3 Å². The number of tetrazole rings is 1. The Kier molecular flexibility index (Phi) is 4.84. The normalized spacial score (nSPS) is 17.0. The minimum atomic E-state index is -0.640. The zero-order valence-electron chi connectivity index (χ0n) is 17.6. The van der Waals surface area contributed by atoms with Gasteiger partial charge in [-0.1, -0.05) is 12.1 Å². The summed E-state index contributed by atoms with van der Waals surface area (Å²) in [7, 11) is 0. The van der Waals surface area contributed by atoms with Crippen LogP contribution in [0.4, 0.5) is 5.69 Å². The third-order valence-corrected chi connectivity index (χ3v) is 5.97. The summed E-state index contributed by atoms with van der Waals surface area (Å²) in [6.45, 7) is 1.25. The van der Waals surface area contributed by atoms with Gasteiger partial charge in [-0.05, 0) is 53.6 Å². The van der Waals surface area contributed by atoms with Gasteiger partial charge in [0.2, 0.25) is 0 Å². The van der Waals surface area contributed by atoms with Gasteiger partial charge < -0.3 is 19.5 Å². The highest BCUT2D eigenvalue weighted by Crippen LogP contribution is 2.27. The van der Waals surface area contributed by atoms with Gasteiger partial charge in [-0.15, -0.1) is 5.10 Å². The van der Waals surface area contributed by atoms with Crippen molar-refractivity contribution in [2.45, 2.75) is 31.5 Å². The Balaban J connectivity index is 1.45. The summed E-state index contributed by atoms with van der Waals surface area (Å²) >= 11 is 0. The van der Waals surface area contributed by atoms with Crippen molar-refractivity contribution < 1.29 is 9.15 Å². The molecule has 2 aromatic carbocycles. The second-order valence-corrected chi connectivity index (χ2v) is 8.08. The molecule has 1 fully saturated rings. The van der Waals surface area contributed by atoms with Crippen LogP contribution in [0.3, 0.4) is 0 Å². The van der Waals surface area contributed by atoms with Gasteiger partial charge in [0.15, 0.2) is 11.3 Å². The van der Waals surface area contributed by atoms with E-state index in [0.717, 1.165) is 36.2 Å². The van der Waals surface area contributed by atoms with Crippen molar-refractivity contribution in [3.05, 3.63) is 76.7 Å². The van der Waals surface area contributed by atoms with Gasteiger partial charge in [0.1, 0.15) is 17.9 Å². The van der Waals surface area contributed by atoms with Crippen LogP contribution >= 0.6 is 0 Å². The van der Waals surface area contributed by atoms with Gasteiger partial charge in [-0.25, -0.2) is 9.67 Å². The first-order valence-electron chi connectivity index (χ1n) is 10.8. The molecule has 10 nitrogen and oxygen atoms in total. The molecule has 0 amide bonds. The van der Waals surface area contributed by atoms with Crippen LogP contribution in [0.1, 0.15) is 30.3 Å². The van der Waals surface area contributed by atoms with E-state index in [1.807, 2.05) is 30.3 Å². The summed E-state index contributed by atoms with van der Waals surface area (Å²) in [4.78, 5) is 20.9. The standard InChI is InChI=1S/C23H21N7O3/c31-22-16-5-1-2-6-20(16)33-12-17(22)21(26-14-7-8-18-19(10-14)25-13-24-18)23-27-28-29-30(23)11-15-4-3-9-32-15/h1-2,5-8,10,12-13,15,21,26H,3-4,9,11H2,(H,24,25). The first kappa shape index (κ1) is 19.6. The summed E-state index contributed by atoms with van der Waals surface area (Å²) in [5.41, 5.74) is 3.32. The zero-order chi connectivity index (χ0) is 22.2. The number of aromatic nitrogens is 6. The number of H-pyrrole nitrogens is 1. The van der Waals surface area contributed by atoms with Crippen molar-refractivity contribution >= 4 is 27.7 Å². The molecular formula is C23H21N7O3. The minimum absolute atomic E-state index is 0.0429. The summed E-state index contributed by atoms with van der Waals surface area (Å²) in [5.74, 6) is 0.509. The van der Waals surface area contributed by atoms with Crippen molar-refractivity contribution in [2.24, 2.45) is 0 Å². The largest absolute Gasteiger partial charge is 0.464 e. The molecule has 33 heavy (non-hydrogen) atoms. The molecule has 0 saturated carbocycles. The fourth-order valence-electron chi connectivity index (χ4n) is 4.29. The van der Waals surface area contributed by atoms with Crippen LogP contribution in [0, 0.1) is 0 Å². The number of fused-ring (bicyclic) bond motifs is 2. The van der Waals surface area contributed by atoms with Gasteiger partial charge in [0.25, 0.3) is 0 Å². The molecule has 6 rings (SSSR count). The molecule has 2 unspecified atom stereocenters. The van der Waals surface area contributed by atoms with Crippen molar-refractivity contribution in [1.82, 2.24) is 30.2 Å². The summed E-state index contributed by atoms with van der Waals surface area (Å²) in [5, 5.41) is 16.3. The monoisotopic (exact) mass is 443 g/mol. The lowest BCUT2D eigenvalue weighted by Crippen LogP contribution is -2.26. The van der Waals surface area contributed by atoms with Crippen LogP contribution in [0.2, 0.25) is 0 Å². The Morgan fingerprint density at radius 1 is 1.24 bits per heavy atom. The van der Waals surface area contributed by atoms with E-state index in [4.69, 9.17) is 9.15 Å². The van der Waals surface area contributed by atoms with Crippen molar-refractivity contribution in [2.75, 3.05) is 11.9 Å². The van der Waals surface area contributed by atoms with Crippen LogP contribution < -0.4 is 10.7 Å². The summed E-state index contributed by atoms with van der Waals surface area (Å²) in [6, 6.07) is 12.3. The average Bonchev–Trinajstić information content (AvgIpc) is 3.61. The Morgan fingerprint density at radius 3 is 3.09 bits per heavy atom. The molecule has 0 radical (unpaired) electrons. The van der Waals surface area contributed by atoms with Gasteiger partial charge >= 0.3 is 0 Å². The molecule has 0 bridgehead atoms. The van der Waals surface area contributed by atoms with E-state index in [2.05, 4.69) is 30.8 Å². The molecule has 5 aromatic rings. The Bertz CT molecular complexity index is 1480. The van der Waals surface area contributed by atoms with Crippen molar-refractivity contribution in [1.29, 1.82) is 0 Å². The summed E-state index contributed by atoms with van der Waals surface area (Å²) < 4.78 is 13.3. The molecule has 0 aliphatic carbocycles. The van der Waals surface area contributed by atoms with E-state index in [1.165, 1.54) is 6.26 Å². The lowest BCUT2D eigenvalue weighted by molar-refractivity contribution is 0.0925. The second-order valence-electron chi connectivity index (χ2n) is 8.08.